The lowest BCUT2D eigenvalue weighted by atomic mass is 10.0. The van der Waals surface area contributed by atoms with Gasteiger partial charge in [-0.25, -0.2) is 4.39 Å². The number of hydrogen-bond acceptors (Lipinski definition) is 2. The average molecular weight is 325 g/mol. The number of hydrogen-bond donors (Lipinski definition) is 1. The molecule has 1 atom stereocenters. The van der Waals surface area contributed by atoms with Crippen LogP contribution in [0.25, 0.3) is 0 Å². The van der Waals surface area contributed by atoms with E-state index in [1.165, 1.54) is 6.07 Å². The van der Waals surface area contributed by atoms with Crippen LogP contribution in [0.1, 0.15) is 24.2 Å². The molecule has 0 saturated heterocycles. The maximum absolute atomic E-state index is 13.8. The van der Waals surface area contributed by atoms with Crippen LogP contribution in [0, 0.1) is 5.82 Å². The fourth-order valence-corrected chi connectivity index (χ4v) is 2.26. The third kappa shape index (κ3) is 3.14. The summed E-state index contributed by atoms with van der Waals surface area (Å²) in [5, 5.41) is 10.4. The number of halogens is 2. The highest BCUT2D eigenvalue weighted by Crippen LogP contribution is 2.32. The van der Waals surface area contributed by atoms with Gasteiger partial charge in [0.25, 0.3) is 0 Å². The van der Waals surface area contributed by atoms with Crippen LogP contribution in [-0.4, -0.2) is 11.7 Å². The van der Waals surface area contributed by atoms with Gasteiger partial charge in [-0.3, -0.25) is 0 Å². The van der Waals surface area contributed by atoms with Gasteiger partial charge in [0.2, 0.25) is 0 Å². The van der Waals surface area contributed by atoms with E-state index in [-0.39, 0.29) is 5.56 Å². The highest BCUT2D eigenvalue weighted by Gasteiger charge is 2.18. The number of ether oxygens (including phenoxy) is 1. The summed E-state index contributed by atoms with van der Waals surface area (Å²) in [6.45, 7) is 2.35. The zero-order valence-corrected chi connectivity index (χ0v) is 12.0. The molecular formula is C15H14BrFO2. The number of rotatable bonds is 4. The molecule has 100 valence electrons. The smallest absolute Gasteiger partial charge is 0.129 e. The Bertz CT molecular complexity index is 572. The Morgan fingerprint density at radius 1 is 1.21 bits per heavy atom. The molecule has 0 saturated carbocycles. The zero-order valence-electron chi connectivity index (χ0n) is 10.4. The number of aliphatic hydroxyl groups is 1. The summed E-state index contributed by atoms with van der Waals surface area (Å²) in [6, 6.07) is 11.6. The molecule has 0 aliphatic carbocycles. The maximum Gasteiger partial charge on any atom is 0.129 e. The molecule has 0 aromatic heterocycles. The minimum absolute atomic E-state index is 0.224. The fourth-order valence-electron chi connectivity index (χ4n) is 1.89. The van der Waals surface area contributed by atoms with Gasteiger partial charge in [-0.05, 0) is 31.2 Å². The predicted molar refractivity (Wildman–Crippen MR) is 75.8 cm³/mol. The number of aliphatic hydroxyl groups excluding tert-OH is 1. The largest absolute Gasteiger partial charge is 0.493 e. The maximum atomic E-state index is 13.8. The molecule has 0 spiro atoms. The second-order valence-corrected chi connectivity index (χ2v) is 4.95. The van der Waals surface area contributed by atoms with Crippen LogP contribution in [0.15, 0.2) is 46.9 Å². The van der Waals surface area contributed by atoms with Crippen molar-refractivity contribution < 1.29 is 14.2 Å². The van der Waals surface area contributed by atoms with Crippen LogP contribution >= 0.6 is 15.9 Å². The lowest BCUT2D eigenvalue weighted by molar-refractivity contribution is 0.207. The van der Waals surface area contributed by atoms with Crippen molar-refractivity contribution in [2.45, 2.75) is 13.0 Å². The van der Waals surface area contributed by atoms with Gasteiger partial charge in [0.05, 0.1) is 6.61 Å². The van der Waals surface area contributed by atoms with E-state index >= 15 is 0 Å². The Balaban J connectivity index is 2.43. The van der Waals surface area contributed by atoms with Crippen LogP contribution in [0.2, 0.25) is 0 Å². The first-order valence-corrected chi connectivity index (χ1v) is 6.77. The van der Waals surface area contributed by atoms with Crippen molar-refractivity contribution in [3.05, 3.63) is 63.9 Å². The van der Waals surface area contributed by atoms with E-state index in [4.69, 9.17) is 4.74 Å². The van der Waals surface area contributed by atoms with Crippen molar-refractivity contribution in [2.24, 2.45) is 0 Å². The second-order valence-electron chi connectivity index (χ2n) is 4.04. The Morgan fingerprint density at radius 3 is 2.68 bits per heavy atom. The Morgan fingerprint density at radius 2 is 1.95 bits per heavy atom. The summed E-state index contributed by atoms with van der Waals surface area (Å²) >= 11 is 3.28. The SMILES string of the molecule is CCOc1ccccc1C(O)c1cc(Br)ccc1F. The van der Waals surface area contributed by atoms with Crippen LogP contribution in [0.5, 0.6) is 5.75 Å². The third-order valence-corrected chi connectivity index (χ3v) is 3.26. The molecule has 2 nitrogen and oxygen atoms in total. The lowest BCUT2D eigenvalue weighted by Gasteiger charge is -2.16. The van der Waals surface area contributed by atoms with E-state index in [2.05, 4.69) is 15.9 Å². The number of benzene rings is 2. The monoisotopic (exact) mass is 324 g/mol. The summed E-state index contributed by atoms with van der Waals surface area (Å²) in [4.78, 5) is 0. The van der Waals surface area contributed by atoms with Crippen LogP contribution in [-0.2, 0) is 0 Å². The Hall–Kier alpha value is -1.39. The van der Waals surface area contributed by atoms with Gasteiger partial charge in [0.15, 0.2) is 0 Å². The van der Waals surface area contributed by atoms with E-state index < -0.39 is 11.9 Å². The molecule has 0 radical (unpaired) electrons. The topological polar surface area (TPSA) is 29.5 Å². The summed E-state index contributed by atoms with van der Waals surface area (Å²) in [5.41, 5.74) is 0.780. The van der Waals surface area contributed by atoms with Crippen LogP contribution < -0.4 is 4.74 Å². The third-order valence-electron chi connectivity index (χ3n) is 2.77. The number of para-hydroxylation sites is 1. The molecule has 2 rings (SSSR count). The van der Waals surface area contributed by atoms with Crippen molar-refractivity contribution in [2.75, 3.05) is 6.61 Å². The second kappa shape index (κ2) is 6.17. The molecule has 2 aromatic rings. The summed E-state index contributed by atoms with van der Waals surface area (Å²) in [5.74, 6) is 0.124. The molecule has 0 bridgehead atoms. The molecule has 2 aromatic carbocycles. The minimum Gasteiger partial charge on any atom is -0.493 e. The minimum atomic E-state index is -1.06. The molecule has 0 aliphatic heterocycles. The highest BCUT2D eigenvalue weighted by molar-refractivity contribution is 9.10. The van der Waals surface area contributed by atoms with Gasteiger partial charge in [-0.15, -0.1) is 0 Å². The summed E-state index contributed by atoms with van der Waals surface area (Å²) in [6.07, 6.45) is -1.06. The Labute approximate surface area is 120 Å². The molecule has 0 amide bonds. The van der Waals surface area contributed by atoms with E-state index in [1.807, 2.05) is 13.0 Å². The van der Waals surface area contributed by atoms with Gasteiger partial charge in [0, 0.05) is 15.6 Å². The van der Waals surface area contributed by atoms with Crippen LogP contribution in [0.3, 0.4) is 0 Å². The molecule has 0 aliphatic rings. The first-order valence-electron chi connectivity index (χ1n) is 5.98. The van der Waals surface area contributed by atoms with Gasteiger partial charge < -0.3 is 9.84 Å². The van der Waals surface area contributed by atoms with Crippen molar-refractivity contribution in [3.8, 4) is 5.75 Å². The standard InChI is InChI=1S/C15H14BrFO2/c1-2-19-14-6-4-3-5-11(14)15(18)12-9-10(16)7-8-13(12)17/h3-9,15,18H,2H2,1H3. The van der Waals surface area contributed by atoms with Crippen molar-refractivity contribution in [1.29, 1.82) is 0 Å². The molecule has 4 heteroatoms. The first kappa shape index (κ1) is 14.0. The van der Waals surface area contributed by atoms with Gasteiger partial charge in [-0.2, -0.15) is 0 Å². The summed E-state index contributed by atoms with van der Waals surface area (Å²) < 4.78 is 20.0. The fraction of sp³-hybridized carbons (Fsp3) is 0.200. The van der Waals surface area contributed by atoms with Gasteiger partial charge in [0.1, 0.15) is 17.7 Å². The summed E-state index contributed by atoms with van der Waals surface area (Å²) in [7, 11) is 0. The molecular weight excluding hydrogens is 311 g/mol. The lowest BCUT2D eigenvalue weighted by Crippen LogP contribution is -2.06. The van der Waals surface area contributed by atoms with Crippen molar-refractivity contribution in [3.63, 3.8) is 0 Å². The molecule has 1 unspecified atom stereocenters. The molecule has 0 heterocycles. The van der Waals surface area contributed by atoms with E-state index in [9.17, 15) is 9.50 Å². The van der Waals surface area contributed by atoms with E-state index in [0.717, 1.165) is 4.47 Å². The van der Waals surface area contributed by atoms with Gasteiger partial charge in [-0.1, -0.05) is 34.1 Å². The Kier molecular flexibility index (Phi) is 4.56. The quantitative estimate of drug-likeness (QED) is 0.918. The first-order chi connectivity index (χ1) is 9.13. The zero-order chi connectivity index (χ0) is 13.8. The van der Waals surface area contributed by atoms with Crippen molar-refractivity contribution >= 4 is 15.9 Å². The van der Waals surface area contributed by atoms with E-state index in [0.29, 0.717) is 17.9 Å². The normalized spacial score (nSPS) is 12.2. The molecule has 0 fully saturated rings. The van der Waals surface area contributed by atoms with Gasteiger partial charge >= 0.3 is 0 Å². The molecule has 19 heavy (non-hydrogen) atoms. The highest BCUT2D eigenvalue weighted by atomic mass is 79.9. The predicted octanol–water partition coefficient (Wildman–Crippen LogP) is 4.07. The average Bonchev–Trinajstić information content (AvgIpc) is 2.42. The van der Waals surface area contributed by atoms with E-state index in [1.54, 1.807) is 30.3 Å². The van der Waals surface area contributed by atoms with Crippen LogP contribution in [0.4, 0.5) is 4.39 Å². The van der Waals surface area contributed by atoms with Crippen molar-refractivity contribution in [1.82, 2.24) is 0 Å². The molecule has 1 N–H and O–H groups in total.